The van der Waals surface area contributed by atoms with Crippen molar-refractivity contribution >= 4 is 12.6 Å². The summed E-state index contributed by atoms with van der Waals surface area (Å²) in [5, 5.41) is 4.42. The highest BCUT2D eigenvalue weighted by Gasteiger charge is 2.15. The maximum atomic E-state index is 12.0. The second-order valence-electron chi connectivity index (χ2n) is 4.67. The van der Waals surface area contributed by atoms with Crippen molar-refractivity contribution in [3.63, 3.8) is 0 Å². The Balaban J connectivity index is 1.88. The van der Waals surface area contributed by atoms with Gasteiger partial charge in [0.05, 0.1) is 0 Å². The van der Waals surface area contributed by atoms with Crippen molar-refractivity contribution < 1.29 is 0 Å². The molecule has 0 spiro atoms. The molecule has 0 radical (unpaired) electrons. The number of fused-ring (bicyclic) bond motifs is 1. The third-order valence-electron chi connectivity index (χ3n) is 3.31. The van der Waals surface area contributed by atoms with Crippen molar-refractivity contribution in [3.8, 4) is 0 Å². The summed E-state index contributed by atoms with van der Waals surface area (Å²) in [6, 6.07) is 0. The molecule has 0 saturated heterocycles. The van der Waals surface area contributed by atoms with E-state index in [4.69, 9.17) is 0 Å². The predicted molar refractivity (Wildman–Crippen MR) is 71.7 cm³/mol. The lowest BCUT2D eigenvalue weighted by atomic mass is 10.2. The first-order chi connectivity index (χ1) is 8.33. The van der Waals surface area contributed by atoms with Gasteiger partial charge in [0.2, 0.25) is 0 Å². The van der Waals surface area contributed by atoms with Gasteiger partial charge in [-0.2, -0.15) is 17.7 Å². The van der Waals surface area contributed by atoms with Crippen molar-refractivity contribution in [2.45, 2.75) is 58.0 Å². The van der Waals surface area contributed by atoms with Gasteiger partial charge in [-0.1, -0.05) is 12.8 Å². The highest BCUT2D eigenvalue weighted by Crippen LogP contribution is 2.09. The standard InChI is InChI=1S/C12H21N3OS/c16-12-14-8-5-3-7-11(14)13-15(12)9-4-1-2-6-10-17/h17H,1-10H2. The third kappa shape index (κ3) is 3.15. The van der Waals surface area contributed by atoms with Crippen molar-refractivity contribution in [1.82, 2.24) is 14.3 Å². The zero-order valence-corrected chi connectivity index (χ0v) is 11.2. The summed E-state index contributed by atoms with van der Waals surface area (Å²) in [4.78, 5) is 12.0. The molecular formula is C12H21N3OS. The summed E-state index contributed by atoms with van der Waals surface area (Å²) < 4.78 is 3.50. The largest absolute Gasteiger partial charge is 0.345 e. The molecule has 1 aliphatic heterocycles. The topological polar surface area (TPSA) is 39.8 Å². The Morgan fingerprint density at radius 3 is 2.76 bits per heavy atom. The molecule has 0 N–H and O–H groups in total. The van der Waals surface area contributed by atoms with Crippen LogP contribution in [0.15, 0.2) is 4.79 Å². The van der Waals surface area contributed by atoms with Crippen molar-refractivity contribution in [2.24, 2.45) is 0 Å². The number of thiol groups is 1. The number of nitrogens with zero attached hydrogens (tertiary/aromatic N) is 3. The molecule has 0 aliphatic carbocycles. The minimum absolute atomic E-state index is 0.0916. The summed E-state index contributed by atoms with van der Waals surface area (Å²) in [5.74, 6) is 1.94. The fourth-order valence-electron chi connectivity index (χ4n) is 2.32. The number of aryl methyl sites for hydroxylation is 2. The highest BCUT2D eigenvalue weighted by atomic mass is 32.1. The van der Waals surface area contributed by atoms with Crippen LogP contribution in [-0.2, 0) is 19.5 Å². The van der Waals surface area contributed by atoms with Gasteiger partial charge in [-0.25, -0.2) is 9.48 Å². The van der Waals surface area contributed by atoms with Gasteiger partial charge < -0.3 is 0 Å². The van der Waals surface area contributed by atoms with Gasteiger partial charge in [-0.15, -0.1) is 0 Å². The second kappa shape index (κ2) is 6.28. The lowest BCUT2D eigenvalue weighted by Gasteiger charge is -2.09. The van der Waals surface area contributed by atoms with Crippen LogP contribution in [-0.4, -0.2) is 20.1 Å². The summed E-state index contributed by atoms with van der Waals surface area (Å²) >= 11 is 4.19. The number of unbranched alkanes of at least 4 members (excludes halogenated alkanes) is 3. The van der Waals surface area contributed by atoms with E-state index in [-0.39, 0.29) is 5.69 Å². The van der Waals surface area contributed by atoms with E-state index in [0.29, 0.717) is 0 Å². The van der Waals surface area contributed by atoms with Gasteiger partial charge in [-0.3, -0.25) is 4.57 Å². The zero-order valence-electron chi connectivity index (χ0n) is 10.3. The van der Waals surface area contributed by atoms with E-state index in [2.05, 4.69) is 17.7 Å². The van der Waals surface area contributed by atoms with Crippen LogP contribution in [0.4, 0.5) is 0 Å². The van der Waals surface area contributed by atoms with Gasteiger partial charge in [-0.05, 0) is 31.4 Å². The molecule has 1 aliphatic rings. The second-order valence-corrected chi connectivity index (χ2v) is 5.12. The minimum Gasteiger partial charge on any atom is -0.279 e. The molecule has 0 unspecified atom stereocenters. The molecule has 4 nitrogen and oxygen atoms in total. The first-order valence-corrected chi connectivity index (χ1v) is 7.23. The number of rotatable bonds is 6. The van der Waals surface area contributed by atoms with E-state index < -0.39 is 0 Å². The van der Waals surface area contributed by atoms with Crippen LogP contribution in [0.2, 0.25) is 0 Å². The maximum absolute atomic E-state index is 12.0. The average molecular weight is 255 g/mol. The van der Waals surface area contributed by atoms with Gasteiger partial charge in [0.25, 0.3) is 0 Å². The monoisotopic (exact) mass is 255 g/mol. The summed E-state index contributed by atoms with van der Waals surface area (Å²) in [6.07, 6.45) is 7.81. The Kier molecular flexibility index (Phi) is 4.71. The van der Waals surface area contributed by atoms with Gasteiger partial charge >= 0.3 is 5.69 Å². The summed E-state index contributed by atoms with van der Waals surface area (Å²) in [5.41, 5.74) is 0.0916. The van der Waals surface area contributed by atoms with Crippen LogP contribution in [0.5, 0.6) is 0 Å². The molecule has 0 fully saturated rings. The van der Waals surface area contributed by atoms with Crippen molar-refractivity contribution in [2.75, 3.05) is 5.75 Å². The fraction of sp³-hybridized carbons (Fsp3) is 0.833. The van der Waals surface area contributed by atoms with E-state index in [0.717, 1.165) is 56.8 Å². The third-order valence-corrected chi connectivity index (χ3v) is 3.63. The molecular weight excluding hydrogens is 234 g/mol. The van der Waals surface area contributed by atoms with Gasteiger partial charge in [0.15, 0.2) is 0 Å². The first kappa shape index (κ1) is 12.7. The minimum atomic E-state index is 0.0916. The number of hydrogen-bond acceptors (Lipinski definition) is 3. The Bertz CT molecular complexity index is 410. The molecule has 5 heteroatoms. The average Bonchev–Trinajstić information content (AvgIpc) is 2.67. The van der Waals surface area contributed by atoms with Gasteiger partial charge in [0.1, 0.15) is 5.82 Å². The molecule has 0 saturated carbocycles. The maximum Gasteiger partial charge on any atom is 0.345 e. The molecule has 0 atom stereocenters. The van der Waals surface area contributed by atoms with E-state index in [9.17, 15) is 4.79 Å². The SMILES string of the molecule is O=c1n(CCCCCCS)nc2n1CCCC2. The van der Waals surface area contributed by atoms with Crippen LogP contribution in [0, 0.1) is 0 Å². The van der Waals surface area contributed by atoms with Crippen LogP contribution in [0.1, 0.15) is 44.3 Å². The van der Waals surface area contributed by atoms with E-state index in [1.54, 1.807) is 4.68 Å². The Morgan fingerprint density at radius 1 is 1.18 bits per heavy atom. The van der Waals surface area contributed by atoms with E-state index in [1.165, 1.54) is 12.8 Å². The predicted octanol–water partition coefficient (Wildman–Crippen LogP) is 1.87. The molecule has 0 amide bonds. The molecule has 17 heavy (non-hydrogen) atoms. The fourth-order valence-corrected chi connectivity index (χ4v) is 2.54. The summed E-state index contributed by atoms with van der Waals surface area (Å²) in [6.45, 7) is 1.62. The van der Waals surface area contributed by atoms with Crippen LogP contribution < -0.4 is 5.69 Å². The lowest BCUT2D eigenvalue weighted by molar-refractivity contribution is 0.505. The van der Waals surface area contributed by atoms with E-state index in [1.807, 2.05) is 4.57 Å². The van der Waals surface area contributed by atoms with Crippen molar-refractivity contribution in [1.29, 1.82) is 0 Å². The van der Waals surface area contributed by atoms with E-state index >= 15 is 0 Å². The van der Waals surface area contributed by atoms with Crippen LogP contribution in [0.3, 0.4) is 0 Å². The van der Waals surface area contributed by atoms with Crippen LogP contribution >= 0.6 is 12.6 Å². The Morgan fingerprint density at radius 2 is 2.00 bits per heavy atom. The molecule has 0 bridgehead atoms. The number of hydrogen-bond donors (Lipinski definition) is 1. The molecule has 1 aromatic rings. The lowest BCUT2D eigenvalue weighted by Crippen LogP contribution is -2.27. The molecule has 1 aromatic heterocycles. The zero-order chi connectivity index (χ0) is 12.1. The molecule has 0 aromatic carbocycles. The molecule has 2 heterocycles. The molecule has 96 valence electrons. The van der Waals surface area contributed by atoms with Gasteiger partial charge in [0, 0.05) is 19.5 Å². The Labute approximate surface area is 107 Å². The Hall–Kier alpha value is -0.710. The molecule has 2 rings (SSSR count). The normalized spacial score (nSPS) is 14.9. The van der Waals surface area contributed by atoms with Crippen molar-refractivity contribution in [3.05, 3.63) is 16.3 Å². The summed E-state index contributed by atoms with van der Waals surface area (Å²) in [7, 11) is 0. The highest BCUT2D eigenvalue weighted by molar-refractivity contribution is 7.80. The first-order valence-electron chi connectivity index (χ1n) is 6.60. The quantitative estimate of drug-likeness (QED) is 0.622. The number of aromatic nitrogens is 3. The smallest absolute Gasteiger partial charge is 0.279 e. The van der Waals surface area contributed by atoms with Crippen LogP contribution in [0.25, 0.3) is 0 Å².